The van der Waals surface area contributed by atoms with E-state index in [1.54, 1.807) is 0 Å². The van der Waals surface area contributed by atoms with E-state index >= 15 is 0 Å². The summed E-state index contributed by atoms with van der Waals surface area (Å²) in [5.74, 6) is 0.596. The molecular weight excluding hydrogens is 1260 g/mol. The number of nitrogens with zero attached hydrogens (tertiary/aromatic N) is 2. The highest BCUT2D eigenvalue weighted by molar-refractivity contribution is 6.42. The van der Waals surface area contributed by atoms with Gasteiger partial charge in [0.25, 0.3) is 0 Å². The van der Waals surface area contributed by atoms with E-state index in [-0.39, 0.29) is 44.5 Å². The van der Waals surface area contributed by atoms with E-state index < -0.39 is 5.79 Å². The lowest BCUT2D eigenvalue weighted by atomic mass is 9.80. The number of hydrogen-bond donors (Lipinski definition) is 2. The average molecular weight is 1430 g/mol. The van der Waals surface area contributed by atoms with Gasteiger partial charge in [0.2, 0.25) is 0 Å². The third-order valence-corrected chi connectivity index (χ3v) is 21.4. The second kappa shape index (κ2) is 78.3. The van der Waals surface area contributed by atoms with Crippen LogP contribution < -0.4 is 0 Å². The summed E-state index contributed by atoms with van der Waals surface area (Å²) in [4.78, 5) is 31.3. The highest BCUT2D eigenvalue weighted by Crippen LogP contribution is 2.31. The predicted molar refractivity (Wildman–Crippen MR) is 434 cm³/mol. The number of aliphatic hydroxyl groups excluding tert-OH is 2. The Balaban J connectivity index is 4.98. The molecule has 3 unspecified atom stereocenters. The fourth-order valence-corrected chi connectivity index (χ4v) is 14.7. The van der Waals surface area contributed by atoms with Crippen molar-refractivity contribution in [3.05, 3.63) is 0 Å². The second-order valence-electron chi connectivity index (χ2n) is 31.7. The van der Waals surface area contributed by atoms with Gasteiger partial charge in [-0.1, -0.05) is 292 Å². The zero-order valence-electron chi connectivity index (χ0n) is 69.4. The summed E-state index contributed by atoms with van der Waals surface area (Å²) in [5.41, 5.74) is 0. The van der Waals surface area contributed by atoms with E-state index in [0.29, 0.717) is 24.7 Å². The first kappa shape index (κ1) is 99.7. The maximum absolute atomic E-state index is 13.5. The van der Waals surface area contributed by atoms with Gasteiger partial charge in [-0.3, -0.25) is 9.59 Å². The minimum atomic E-state index is -0.517. The van der Waals surface area contributed by atoms with Gasteiger partial charge in [-0.25, -0.2) is 0 Å². The molecule has 0 aliphatic carbocycles. The Hall–Kier alpha value is -1.32. The van der Waals surface area contributed by atoms with Crippen molar-refractivity contribution in [1.82, 2.24) is 9.80 Å². The van der Waals surface area contributed by atoms with E-state index in [2.05, 4.69) is 58.2 Å². The Labute approximate surface area is 629 Å². The smallest absolute Gasteiger partial charge is 0.453 e. The maximum Gasteiger partial charge on any atom is 0.453 e. The monoisotopic (exact) mass is 1430 g/mol. The van der Waals surface area contributed by atoms with Crippen molar-refractivity contribution in [3.8, 4) is 0 Å². The highest BCUT2D eigenvalue weighted by Gasteiger charge is 2.25. The van der Waals surface area contributed by atoms with Crippen LogP contribution in [0.3, 0.4) is 0 Å². The van der Waals surface area contributed by atoms with Crippen molar-refractivity contribution in [2.45, 2.75) is 465 Å². The van der Waals surface area contributed by atoms with Crippen LogP contribution in [-0.4, -0.2) is 136 Å². The molecular formula is C88H177BN2O10. The van der Waals surface area contributed by atoms with Crippen LogP contribution in [0.5, 0.6) is 0 Å². The van der Waals surface area contributed by atoms with Gasteiger partial charge in [0.05, 0.1) is 13.2 Å². The molecule has 0 aliphatic rings. The topological polar surface area (TPSA) is 136 Å². The van der Waals surface area contributed by atoms with Gasteiger partial charge in [-0.2, -0.15) is 0 Å². The number of carbonyl (C=O) groups excluding carboxylic acids is 2. The fraction of sp³-hybridized carbons (Fsp3) is 0.977. The SMILES string of the molecule is CCCCCCCCCOC(C)(C)OCCCCCCN(CCO)CCCCCCCC(=O)OC(CCCCCCCC)CCCC(CCCC)C(CCCCCCC)COB(C)OCCCCCCN(CCO)CCCCCCCC(=O)OC(CCCCCCCC)CCCCCCCC. The molecule has 0 aliphatic heterocycles. The number of aliphatic hydroxyl groups is 2. The van der Waals surface area contributed by atoms with Gasteiger partial charge < -0.3 is 48.3 Å². The summed E-state index contributed by atoms with van der Waals surface area (Å²) in [5, 5.41) is 19.7. The Kier molecular flexibility index (Phi) is 77.3. The Morgan fingerprint density at radius 2 is 0.604 bits per heavy atom. The van der Waals surface area contributed by atoms with Crippen molar-refractivity contribution in [2.75, 3.05) is 78.9 Å². The van der Waals surface area contributed by atoms with Gasteiger partial charge in [-0.15, -0.1) is 0 Å². The minimum Gasteiger partial charge on any atom is -0.462 e. The molecule has 0 spiro atoms. The number of rotatable bonds is 85. The number of hydrogen-bond acceptors (Lipinski definition) is 12. The molecule has 0 rings (SSSR count). The Morgan fingerprint density at radius 1 is 0.317 bits per heavy atom. The van der Waals surface area contributed by atoms with Gasteiger partial charge >= 0.3 is 19.1 Å². The lowest BCUT2D eigenvalue weighted by Crippen LogP contribution is -2.29. The summed E-state index contributed by atoms with van der Waals surface area (Å²) in [6, 6.07) is 0. The average Bonchev–Trinajstić information content (AvgIpc) is 2.27. The summed E-state index contributed by atoms with van der Waals surface area (Å²) in [6.45, 7) is 28.9. The van der Waals surface area contributed by atoms with E-state index in [9.17, 15) is 19.8 Å². The number of carbonyl (C=O) groups is 2. The molecule has 0 saturated carbocycles. The minimum absolute atomic E-state index is 0.00116. The van der Waals surface area contributed by atoms with Crippen LogP contribution in [0.2, 0.25) is 6.82 Å². The lowest BCUT2D eigenvalue weighted by molar-refractivity contribution is -0.214. The molecule has 0 bridgehead atoms. The Morgan fingerprint density at radius 3 is 0.970 bits per heavy atom. The number of ether oxygens (including phenoxy) is 4. The fourth-order valence-electron chi connectivity index (χ4n) is 14.7. The summed E-state index contributed by atoms with van der Waals surface area (Å²) in [7, 11) is -0.223. The van der Waals surface area contributed by atoms with Crippen LogP contribution >= 0.6 is 0 Å². The van der Waals surface area contributed by atoms with Crippen molar-refractivity contribution < 1.29 is 48.1 Å². The van der Waals surface area contributed by atoms with Gasteiger partial charge in [0, 0.05) is 52.4 Å². The molecule has 0 radical (unpaired) electrons. The molecule has 101 heavy (non-hydrogen) atoms. The molecule has 0 aromatic rings. The molecule has 0 amide bonds. The zero-order chi connectivity index (χ0) is 73.9. The normalized spacial score (nSPS) is 13.0. The van der Waals surface area contributed by atoms with Crippen molar-refractivity contribution in [3.63, 3.8) is 0 Å². The van der Waals surface area contributed by atoms with Crippen LogP contribution in [0, 0.1) is 11.8 Å². The first-order valence-corrected chi connectivity index (χ1v) is 45.0. The summed E-state index contributed by atoms with van der Waals surface area (Å²) < 4.78 is 37.6. The predicted octanol–water partition coefficient (Wildman–Crippen LogP) is 25.1. The second-order valence-corrected chi connectivity index (χ2v) is 31.7. The summed E-state index contributed by atoms with van der Waals surface area (Å²) >= 11 is 0. The first-order chi connectivity index (χ1) is 49.4. The molecule has 13 heteroatoms. The molecule has 2 N–H and O–H groups in total. The van der Waals surface area contributed by atoms with Gasteiger partial charge in [0.15, 0.2) is 5.79 Å². The van der Waals surface area contributed by atoms with E-state index in [1.807, 2.05) is 13.8 Å². The molecule has 0 heterocycles. The molecule has 3 atom stereocenters. The number of esters is 2. The van der Waals surface area contributed by atoms with Crippen molar-refractivity contribution in [1.29, 1.82) is 0 Å². The largest absolute Gasteiger partial charge is 0.462 e. The standard InChI is InChI=1S/C88H177BN2O10/c1-10-16-22-27-31-44-57-78-96-88(7,8)97-79-58-45-42-55-72-90(74-76-92)70-53-41-33-39-52-69-87(95)101-85(66-50-37-30-25-19-13-4)67-60-63-82(61-21-15-6)83(62-47-34-26-20-14-5)81-99-89(9)98-80-59-46-43-56-73-91(75-77-93)71-54-40-32-38-51-68-86(94)100-84(64-48-35-28-23-17-11-2)65-49-36-29-24-18-12-3/h82-85,92-93H,10-81H2,1-9H3. The van der Waals surface area contributed by atoms with Gasteiger partial charge in [0.1, 0.15) is 12.2 Å². The van der Waals surface area contributed by atoms with Crippen LogP contribution in [0.25, 0.3) is 0 Å². The van der Waals surface area contributed by atoms with E-state index in [4.69, 9.17) is 28.3 Å². The third-order valence-electron chi connectivity index (χ3n) is 21.4. The van der Waals surface area contributed by atoms with Crippen LogP contribution in [0.1, 0.15) is 441 Å². The van der Waals surface area contributed by atoms with E-state index in [1.165, 1.54) is 212 Å². The Bertz CT molecular complexity index is 1650. The van der Waals surface area contributed by atoms with Crippen LogP contribution in [0.4, 0.5) is 0 Å². The third kappa shape index (κ3) is 70.1. The van der Waals surface area contributed by atoms with Crippen molar-refractivity contribution in [2.24, 2.45) is 11.8 Å². The summed E-state index contributed by atoms with van der Waals surface area (Å²) in [6.07, 6.45) is 70.4. The van der Waals surface area contributed by atoms with E-state index in [0.717, 1.165) is 226 Å². The first-order valence-electron chi connectivity index (χ1n) is 45.0. The molecule has 0 saturated heterocycles. The highest BCUT2D eigenvalue weighted by atomic mass is 16.7. The van der Waals surface area contributed by atoms with Crippen LogP contribution in [0.15, 0.2) is 0 Å². The lowest BCUT2D eigenvalue weighted by Gasteiger charge is -2.29. The molecule has 12 nitrogen and oxygen atoms in total. The van der Waals surface area contributed by atoms with Crippen molar-refractivity contribution >= 4 is 19.1 Å². The zero-order valence-corrected chi connectivity index (χ0v) is 69.4. The van der Waals surface area contributed by atoms with Crippen LogP contribution in [-0.2, 0) is 37.8 Å². The van der Waals surface area contributed by atoms with Gasteiger partial charge in [-0.05, 0) is 181 Å². The molecule has 0 aromatic heterocycles. The molecule has 602 valence electrons. The molecule has 0 fully saturated rings. The quantitative estimate of drug-likeness (QED) is 0.0260. The number of unbranched alkanes of at least 4 members (excludes halogenated alkanes) is 40. The maximum atomic E-state index is 13.5. The molecule has 0 aromatic carbocycles.